The number of thioether (sulfide) groups is 1. The van der Waals surface area contributed by atoms with Crippen LogP contribution >= 0.6 is 11.8 Å². The van der Waals surface area contributed by atoms with Crippen LogP contribution in [-0.4, -0.2) is 97.8 Å². The van der Waals surface area contributed by atoms with Crippen LogP contribution < -0.4 is 20.1 Å². The predicted molar refractivity (Wildman–Crippen MR) is 178 cm³/mol. The molecule has 0 radical (unpaired) electrons. The van der Waals surface area contributed by atoms with E-state index in [0.29, 0.717) is 11.6 Å². The molecule has 6 atom stereocenters. The van der Waals surface area contributed by atoms with Crippen molar-refractivity contribution < 1.29 is 38.8 Å². The third kappa shape index (κ3) is 7.85. The standard InChI is InChI=1S/C34H46N4O8S/c1-32(2,3)46-31(43)36-26-29(40)38-19-23(45-28-24-12-11-22(44-6)16-20(24)13-14-35-28)17-25(38)27(39)37-34(30(41)42)18-21(34)10-8-7-9-15-47-33(26,4)5/h8,10-14,16,21,23,25-26,31,36,43H,7,9,15,17-19H2,1-6H3,(H,37,39)(H,41,42)/t21-,23-,25+,26-,31?,34-/m1/s1. The molecule has 2 fully saturated rings. The van der Waals surface area contributed by atoms with Gasteiger partial charge < -0.3 is 34.6 Å². The highest BCUT2D eigenvalue weighted by molar-refractivity contribution is 8.00. The van der Waals surface area contributed by atoms with Crippen LogP contribution in [0, 0.1) is 5.92 Å². The van der Waals surface area contributed by atoms with Gasteiger partial charge in [0, 0.05) is 28.7 Å². The first-order chi connectivity index (χ1) is 22.1. The van der Waals surface area contributed by atoms with Gasteiger partial charge in [-0.25, -0.2) is 9.78 Å². The number of ether oxygens (including phenoxy) is 3. The van der Waals surface area contributed by atoms with E-state index in [0.717, 1.165) is 29.4 Å². The minimum atomic E-state index is -1.46. The van der Waals surface area contributed by atoms with Gasteiger partial charge in [0.15, 0.2) is 0 Å². The molecule has 1 aromatic heterocycles. The molecule has 5 rings (SSSR count). The lowest BCUT2D eigenvalue weighted by Gasteiger charge is -2.39. The van der Waals surface area contributed by atoms with Crippen LogP contribution in [-0.2, 0) is 19.1 Å². The summed E-state index contributed by atoms with van der Waals surface area (Å²) in [6.07, 6.45) is 5.29. The van der Waals surface area contributed by atoms with Crippen LogP contribution in [0.15, 0.2) is 42.6 Å². The van der Waals surface area contributed by atoms with E-state index in [4.69, 9.17) is 14.2 Å². The van der Waals surface area contributed by atoms with Gasteiger partial charge in [0.25, 0.3) is 0 Å². The number of carboxylic acids is 1. The first-order valence-electron chi connectivity index (χ1n) is 16.0. The molecule has 1 aromatic carbocycles. The Balaban J connectivity index is 1.49. The largest absolute Gasteiger partial charge is 0.497 e. The number of benzene rings is 1. The Bertz CT molecular complexity index is 1530. The third-order valence-corrected chi connectivity index (χ3v) is 10.4. The van der Waals surface area contributed by atoms with Crippen molar-refractivity contribution in [1.29, 1.82) is 0 Å². The van der Waals surface area contributed by atoms with E-state index in [1.807, 2.05) is 44.2 Å². The summed E-state index contributed by atoms with van der Waals surface area (Å²) >= 11 is 1.58. The first-order valence-corrected chi connectivity index (χ1v) is 17.0. The van der Waals surface area contributed by atoms with E-state index in [9.17, 15) is 24.6 Å². The molecule has 2 amide bonds. The van der Waals surface area contributed by atoms with Gasteiger partial charge in [-0.3, -0.25) is 14.9 Å². The van der Waals surface area contributed by atoms with Crippen LogP contribution in [0.1, 0.15) is 60.3 Å². The number of rotatable bonds is 7. The summed E-state index contributed by atoms with van der Waals surface area (Å²) in [5.74, 6) is -0.693. The number of aliphatic hydroxyl groups is 1. The first kappa shape index (κ1) is 34.9. The molecule has 0 bridgehead atoms. The molecule has 47 heavy (non-hydrogen) atoms. The van der Waals surface area contributed by atoms with Crippen LogP contribution in [0.3, 0.4) is 0 Å². The van der Waals surface area contributed by atoms with Gasteiger partial charge in [0.05, 0.1) is 19.3 Å². The Morgan fingerprint density at radius 3 is 2.70 bits per heavy atom. The molecule has 1 unspecified atom stereocenters. The van der Waals surface area contributed by atoms with Gasteiger partial charge in [-0.05, 0) is 89.3 Å². The van der Waals surface area contributed by atoms with Crippen molar-refractivity contribution >= 4 is 40.3 Å². The minimum Gasteiger partial charge on any atom is -0.497 e. The number of aromatic nitrogens is 1. The smallest absolute Gasteiger partial charge is 0.330 e. The van der Waals surface area contributed by atoms with Gasteiger partial charge in [-0.1, -0.05) is 12.2 Å². The summed E-state index contributed by atoms with van der Waals surface area (Å²) in [6.45, 7) is 9.29. The van der Waals surface area contributed by atoms with E-state index < -0.39 is 58.3 Å². The normalized spacial score (nSPS) is 28.8. The van der Waals surface area contributed by atoms with E-state index in [1.54, 1.807) is 51.9 Å². The van der Waals surface area contributed by atoms with Crippen molar-refractivity contribution in [3.8, 4) is 11.6 Å². The number of pyridine rings is 1. The monoisotopic (exact) mass is 670 g/mol. The molecule has 3 heterocycles. The zero-order valence-electron chi connectivity index (χ0n) is 27.8. The Morgan fingerprint density at radius 2 is 2.00 bits per heavy atom. The number of methoxy groups -OCH3 is 1. The van der Waals surface area contributed by atoms with Crippen LogP contribution in [0.4, 0.5) is 0 Å². The number of hydrogen-bond donors (Lipinski definition) is 4. The van der Waals surface area contributed by atoms with Gasteiger partial charge >= 0.3 is 5.97 Å². The Hall–Kier alpha value is -3.39. The van der Waals surface area contributed by atoms with Crippen molar-refractivity contribution in [1.82, 2.24) is 20.5 Å². The topological polar surface area (TPSA) is 160 Å². The number of fused-ring (bicyclic) bond motifs is 3. The number of aliphatic carboxylic acids is 1. The molecule has 0 spiro atoms. The number of allylic oxidation sites excluding steroid dienone is 1. The molecule has 256 valence electrons. The number of nitrogens with one attached hydrogen (secondary N) is 2. The Kier molecular flexibility index (Phi) is 10.1. The highest BCUT2D eigenvalue weighted by Crippen LogP contribution is 2.45. The molecule has 2 aromatic rings. The highest BCUT2D eigenvalue weighted by Gasteiger charge is 2.61. The fourth-order valence-electron chi connectivity index (χ4n) is 6.28. The number of nitrogens with zero attached hydrogens (tertiary/aromatic N) is 2. The summed E-state index contributed by atoms with van der Waals surface area (Å²) in [4.78, 5) is 46.9. The van der Waals surface area contributed by atoms with Gasteiger partial charge in [0.2, 0.25) is 24.1 Å². The molecular weight excluding hydrogens is 624 g/mol. The lowest BCUT2D eigenvalue weighted by Crippen LogP contribution is -2.62. The second-order valence-electron chi connectivity index (χ2n) is 14.0. The predicted octanol–water partition coefficient (Wildman–Crippen LogP) is 3.46. The molecular formula is C34H46N4O8S. The quantitative estimate of drug-likeness (QED) is 0.252. The number of carboxylic acid groups (broad SMARTS) is 1. The molecule has 1 aliphatic carbocycles. The second kappa shape index (κ2) is 13.6. The lowest BCUT2D eigenvalue weighted by atomic mass is 10.0. The second-order valence-corrected chi connectivity index (χ2v) is 15.7. The van der Waals surface area contributed by atoms with Crippen molar-refractivity contribution in [3.05, 3.63) is 42.6 Å². The van der Waals surface area contributed by atoms with Crippen LogP contribution in [0.25, 0.3) is 10.8 Å². The zero-order chi connectivity index (χ0) is 34.1. The fourth-order valence-corrected chi connectivity index (χ4v) is 7.45. The van der Waals surface area contributed by atoms with Gasteiger partial charge in [0.1, 0.15) is 29.5 Å². The fraction of sp³-hybridized carbons (Fsp3) is 0.588. The summed E-state index contributed by atoms with van der Waals surface area (Å²) in [5, 5.41) is 28.4. The number of carbonyl (C=O) groups excluding carboxylic acids is 2. The van der Waals surface area contributed by atoms with Gasteiger partial charge in [-0.15, -0.1) is 0 Å². The molecule has 4 N–H and O–H groups in total. The zero-order valence-corrected chi connectivity index (χ0v) is 28.6. The van der Waals surface area contributed by atoms with Gasteiger partial charge in [-0.2, -0.15) is 11.8 Å². The molecule has 1 saturated carbocycles. The average Bonchev–Trinajstić information content (AvgIpc) is 3.53. The lowest BCUT2D eigenvalue weighted by molar-refractivity contribution is -0.189. The number of hydrogen-bond acceptors (Lipinski definition) is 10. The summed E-state index contributed by atoms with van der Waals surface area (Å²) in [6, 6.07) is 5.36. The Labute approximate surface area is 279 Å². The SMILES string of the molecule is COc1ccc2c(O[C@@H]3C[C@H]4C(=O)N[C@]5(C(=O)O)C[C@H]5C=CCCCSC(C)(C)[C@H](NC(O)OC(C)(C)C)C(=O)N4C3)nccc2c1. The summed E-state index contributed by atoms with van der Waals surface area (Å²) in [7, 11) is 1.59. The maximum Gasteiger partial charge on any atom is 0.330 e. The van der Waals surface area contributed by atoms with E-state index in [1.165, 1.54) is 4.90 Å². The summed E-state index contributed by atoms with van der Waals surface area (Å²) in [5.41, 5.74) is -2.13. The molecule has 13 heteroatoms. The van der Waals surface area contributed by atoms with Crippen molar-refractivity contribution in [3.63, 3.8) is 0 Å². The third-order valence-electron chi connectivity index (χ3n) is 8.88. The number of aliphatic hydroxyl groups excluding tert-OH is 1. The minimum absolute atomic E-state index is 0.0453. The molecule has 12 nitrogen and oxygen atoms in total. The van der Waals surface area contributed by atoms with E-state index in [2.05, 4.69) is 15.6 Å². The van der Waals surface area contributed by atoms with Crippen LogP contribution in [0.2, 0.25) is 0 Å². The maximum atomic E-state index is 14.6. The maximum absolute atomic E-state index is 14.6. The van der Waals surface area contributed by atoms with E-state index >= 15 is 0 Å². The molecule has 3 aliphatic rings. The Morgan fingerprint density at radius 1 is 1.23 bits per heavy atom. The molecule has 2 aliphatic heterocycles. The van der Waals surface area contributed by atoms with Crippen LogP contribution in [0.5, 0.6) is 11.6 Å². The van der Waals surface area contributed by atoms with Crippen molar-refractivity contribution in [2.45, 2.75) is 101 Å². The molecule has 1 saturated heterocycles. The average molecular weight is 671 g/mol. The number of carbonyl (C=O) groups is 3. The highest BCUT2D eigenvalue weighted by atomic mass is 32.2. The van der Waals surface area contributed by atoms with Crippen molar-refractivity contribution in [2.75, 3.05) is 19.4 Å². The van der Waals surface area contributed by atoms with Crippen molar-refractivity contribution in [2.24, 2.45) is 5.92 Å². The van der Waals surface area contributed by atoms with E-state index in [-0.39, 0.29) is 25.3 Å². The summed E-state index contributed by atoms with van der Waals surface area (Å²) < 4.78 is 16.7. The number of amides is 2.